The van der Waals surface area contributed by atoms with Crippen LogP contribution in [0.15, 0.2) is 36.4 Å². The Bertz CT molecular complexity index is 1120. The number of benzene rings is 2. The van der Waals surface area contributed by atoms with Gasteiger partial charge in [-0.15, -0.1) is 0 Å². The first-order chi connectivity index (χ1) is 18.6. The highest BCUT2D eigenvalue weighted by Gasteiger charge is 2.29. The smallest absolute Gasteiger partial charge is 0.367 e. The predicted octanol–water partition coefficient (Wildman–Crippen LogP) is 5.24. The number of likely N-dealkylation sites (tertiary alicyclic amines) is 1. The fraction of sp³-hybridized carbons (Fsp3) is 0.536. The molecule has 2 fully saturated rings. The van der Waals surface area contributed by atoms with Gasteiger partial charge in [-0.1, -0.05) is 17.7 Å². The number of nitrogens with zero attached hydrogens (tertiary/aromatic N) is 3. The molecule has 2 N–H and O–H groups in total. The maximum absolute atomic E-state index is 14.9. The van der Waals surface area contributed by atoms with Crippen molar-refractivity contribution in [3.8, 4) is 0 Å². The number of piperidine rings is 1. The molecular weight excluding hydrogens is 534 g/mol. The Morgan fingerprint density at radius 1 is 1.03 bits per heavy atom. The third-order valence-corrected chi connectivity index (χ3v) is 7.75. The van der Waals surface area contributed by atoms with Gasteiger partial charge in [0, 0.05) is 44.3 Å². The lowest BCUT2D eigenvalue weighted by molar-refractivity contribution is -0.138. The Hall–Kier alpha value is -2.40. The summed E-state index contributed by atoms with van der Waals surface area (Å²) in [6.45, 7) is 5.43. The normalized spacial score (nSPS) is 17.9. The molecule has 0 bridgehead atoms. The van der Waals surface area contributed by atoms with Crippen LogP contribution in [0.4, 0.5) is 28.9 Å². The van der Waals surface area contributed by atoms with E-state index in [1.807, 2.05) is 4.90 Å². The summed E-state index contributed by atoms with van der Waals surface area (Å²) >= 11 is 6.22. The molecule has 4 rings (SSSR count). The van der Waals surface area contributed by atoms with Crippen LogP contribution in [0.1, 0.15) is 35.2 Å². The highest BCUT2D eigenvalue weighted by Crippen LogP contribution is 2.31. The van der Waals surface area contributed by atoms with Crippen molar-refractivity contribution in [3.63, 3.8) is 0 Å². The number of nitrogens with one attached hydrogen (secondary N) is 2. The zero-order valence-corrected chi connectivity index (χ0v) is 22.9. The van der Waals surface area contributed by atoms with E-state index in [4.69, 9.17) is 11.6 Å². The largest absolute Gasteiger partial charge is 0.390 e. The van der Waals surface area contributed by atoms with Crippen LogP contribution >= 0.6 is 11.6 Å². The van der Waals surface area contributed by atoms with Crippen LogP contribution in [0.5, 0.6) is 0 Å². The molecule has 214 valence electrons. The van der Waals surface area contributed by atoms with Crippen molar-refractivity contribution in [2.75, 3.05) is 69.6 Å². The van der Waals surface area contributed by atoms with Crippen LogP contribution in [0.2, 0.25) is 5.02 Å². The van der Waals surface area contributed by atoms with Gasteiger partial charge < -0.3 is 20.4 Å². The number of amides is 1. The number of halogens is 5. The molecule has 0 radical (unpaired) electrons. The lowest BCUT2D eigenvalue weighted by Gasteiger charge is -2.37. The van der Waals surface area contributed by atoms with E-state index in [0.717, 1.165) is 38.0 Å². The van der Waals surface area contributed by atoms with E-state index < -0.39 is 24.3 Å². The number of rotatable bonds is 9. The van der Waals surface area contributed by atoms with Gasteiger partial charge in [0.25, 0.3) is 5.91 Å². The summed E-state index contributed by atoms with van der Waals surface area (Å²) in [6, 6.07) is 9.63. The molecule has 0 spiro atoms. The molecule has 2 aromatic carbocycles. The number of hydrogen-bond donors (Lipinski definition) is 2. The van der Waals surface area contributed by atoms with Gasteiger partial charge in [-0.3, -0.25) is 9.69 Å². The van der Waals surface area contributed by atoms with E-state index in [1.54, 1.807) is 29.2 Å². The van der Waals surface area contributed by atoms with Crippen LogP contribution in [-0.2, 0) is 6.54 Å². The highest BCUT2D eigenvalue weighted by atomic mass is 35.5. The topological polar surface area (TPSA) is 50.9 Å². The summed E-state index contributed by atoms with van der Waals surface area (Å²) in [5.74, 6) is -0.557. The van der Waals surface area contributed by atoms with Gasteiger partial charge in [-0.05, 0) is 81.3 Å². The lowest BCUT2D eigenvalue weighted by Crippen LogP contribution is -2.47. The molecule has 1 amide bonds. The van der Waals surface area contributed by atoms with Crippen molar-refractivity contribution in [1.82, 2.24) is 15.1 Å². The summed E-state index contributed by atoms with van der Waals surface area (Å²) in [4.78, 5) is 19.1. The van der Waals surface area contributed by atoms with E-state index in [1.165, 1.54) is 12.1 Å². The zero-order chi connectivity index (χ0) is 28.0. The SMILES string of the molecule is CN1CCC(CNCc2ccc(C(=O)Nc3ccc(Cl)cc3N3CCN(CCC(F)(F)F)CC3)c(F)c2)CC1. The van der Waals surface area contributed by atoms with E-state index in [9.17, 15) is 22.4 Å². The van der Waals surface area contributed by atoms with Gasteiger partial charge >= 0.3 is 6.18 Å². The molecule has 2 aliphatic rings. The van der Waals surface area contributed by atoms with Crippen molar-refractivity contribution in [2.24, 2.45) is 5.92 Å². The van der Waals surface area contributed by atoms with Gasteiger partial charge in [0.05, 0.1) is 23.4 Å². The Morgan fingerprint density at radius 2 is 1.74 bits per heavy atom. The summed E-state index contributed by atoms with van der Waals surface area (Å²) in [5.41, 5.74) is 1.83. The van der Waals surface area contributed by atoms with Crippen molar-refractivity contribution in [2.45, 2.75) is 32.0 Å². The quantitative estimate of drug-likeness (QED) is 0.405. The first-order valence-electron chi connectivity index (χ1n) is 13.4. The Labute approximate surface area is 232 Å². The third-order valence-electron chi connectivity index (χ3n) is 7.51. The monoisotopic (exact) mass is 569 g/mol. The minimum atomic E-state index is -4.18. The Morgan fingerprint density at radius 3 is 2.41 bits per heavy atom. The highest BCUT2D eigenvalue weighted by molar-refractivity contribution is 6.31. The molecular formula is C28H36ClF4N5O. The summed E-state index contributed by atoms with van der Waals surface area (Å²) in [5, 5.41) is 6.67. The number of carbonyl (C=O) groups excluding carboxylic acids is 1. The summed E-state index contributed by atoms with van der Waals surface area (Å²) in [7, 11) is 2.13. The van der Waals surface area contributed by atoms with Crippen LogP contribution < -0.4 is 15.5 Å². The van der Waals surface area contributed by atoms with E-state index >= 15 is 0 Å². The number of anilines is 2. The first-order valence-corrected chi connectivity index (χ1v) is 13.8. The van der Waals surface area contributed by atoms with Crippen LogP contribution in [-0.4, -0.2) is 81.3 Å². The van der Waals surface area contributed by atoms with E-state index in [0.29, 0.717) is 55.0 Å². The minimum Gasteiger partial charge on any atom is -0.367 e. The third kappa shape index (κ3) is 8.79. The zero-order valence-electron chi connectivity index (χ0n) is 22.2. The number of carbonyl (C=O) groups is 1. The molecule has 0 saturated carbocycles. The average Bonchev–Trinajstić information content (AvgIpc) is 2.89. The maximum atomic E-state index is 14.9. The fourth-order valence-corrected chi connectivity index (χ4v) is 5.26. The summed E-state index contributed by atoms with van der Waals surface area (Å²) in [6.07, 6.45) is -2.73. The van der Waals surface area contributed by atoms with Crippen molar-refractivity contribution >= 4 is 28.9 Å². The second-order valence-corrected chi connectivity index (χ2v) is 10.9. The second kappa shape index (κ2) is 13.3. The molecule has 2 saturated heterocycles. The Kier molecular flexibility index (Phi) is 10.1. The Balaban J connectivity index is 1.33. The fourth-order valence-electron chi connectivity index (χ4n) is 5.10. The molecule has 2 aliphatic heterocycles. The molecule has 11 heteroatoms. The molecule has 0 aliphatic carbocycles. The van der Waals surface area contributed by atoms with Gasteiger partial charge in [-0.25, -0.2) is 4.39 Å². The van der Waals surface area contributed by atoms with Gasteiger partial charge in [0.1, 0.15) is 5.82 Å². The summed E-state index contributed by atoms with van der Waals surface area (Å²) < 4.78 is 52.7. The molecule has 0 unspecified atom stereocenters. The minimum absolute atomic E-state index is 0.0422. The van der Waals surface area contributed by atoms with E-state index in [2.05, 4.69) is 22.6 Å². The molecule has 6 nitrogen and oxygen atoms in total. The molecule has 0 atom stereocenters. The predicted molar refractivity (Wildman–Crippen MR) is 147 cm³/mol. The number of piperazine rings is 1. The number of alkyl halides is 3. The second-order valence-electron chi connectivity index (χ2n) is 10.5. The van der Waals surface area contributed by atoms with Crippen LogP contribution in [0.25, 0.3) is 0 Å². The molecule has 39 heavy (non-hydrogen) atoms. The maximum Gasteiger partial charge on any atom is 0.390 e. The lowest BCUT2D eigenvalue weighted by atomic mass is 9.97. The van der Waals surface area contributed by atoms with E-state index in [-0.39, 0.29) is 12.1 Å². The first kappa shape index (κ1) is 29.6. The van der Waals surface area contributed by atoms with Gasteiger partial charge in [0.2, 0.25) is 0 Å². The number of hydrogen-bond acceptors (Lipinski definition) is 5. The van der Waals surface area contributed by atoms with Crippen molar-refractivity contribution < 1.29 is 22.4 Å². The molecule has 2 heterocycles. The molecule has 2 aromatic rings. The molecule has 0 aromatic heterocycles. The average molecular weight is 570 g/mol. The van der Waals surface area contributed by atoms with Crippen LogP contribution in [0, 0.1) is 11.7 Å². The van der Waals surface area contributed by atoms with Gasteiger partial charge in [0.15, 0.2) is 0 Å². The van der Waals surface area contributed by atoms with Crippen molar-refractivity contribution in [1.29, 1.82) is 0 Å². The van der Waals surface area contributed by atoms with Crippen molar-refractivity contribution in [3.05, 3.63) is 58.4 Å². The van der Waals surface area contributed by atoms with Gasteiger partial charge in [-0.2, -0.15) is 13.2 Å². The standard InChI is InChI=1S/C28H36ClF4N5O/c1-36-9-6-20(7-10-36)18-34-19-21-2-4-23(24(30)16-21)27(39)35-25-5-3-22(29)17-26(25)38-14-12-37(13-15-38)11-8-28(31,32)33/h2-5,16-17,20,34H,6-15,18-19H2,1H3,(H,35,39). The van der Waals surface area contributed by atoms with Crippen LogP contribution in [0.3, 0.4) is 0 Å².